The molecule has 2 unspecified atom stereocenters. The zero-order valence-corrected chi connectivity index (χ0v) is 9.55. The molecule has 3 heteroatoms. The van der Waals surface area contributed by atoms with Gasteiger partial charge in [-0.2, -0.15) is 0 Å². The van der Waals surface area contributed by atoms with Crippen molar-refractivity contribution < 1.29 is 4.74 Å². The normalized spacial score (nSPS) is 38.8. The zero-order valence-electron chi connectivity index (χ0n) is 9.55. The summed E-state index contributed by atoms with van der Waals surface area (Å²) in [4.78, 5) is 2.59. The van der Waals surface area contributed by atoms with E-state index in [1.54, 1.807) is 0 Å². The number of hydrogen-bond donors (Lipinski definition) is 1. The summed E-state index contributed by atoms with van der Waals surface area (Å²) in [5, 5.41) is 3.51. The van der Waals surface area contributed by atoms with E-state index in [9.17, 15) is 0 Å². The van der Waals surface area contributed by atoms with E-state index >= 15 is 0 Å². The highest BCUT2D eigenvalue weighted by Gasteiger charge is 2.35. The van der Waals surface area contributed by atoms with E-state index in [0.29, 0.717) is 6.04 Å². The van der Waals surface area contributed by atoms with Gasteiger partial charge < -0.3 is 10.1 Å². The lowest BCUT2D eigenvalue weighted by atomic mass is 10.0. The van der Waals surface area contributed by atoms with Crippen LogP contribution < -0.4 is 5.32 Å². The first-order valence-corrected chi connectivity index (χ1v) is 5.70. The second kappa shape index (κ2) is 3.80. The van der Waals surface area contributed by atoms with Gasteiger partial charge in [0.15, 0.2) is 0 Å². The van der Waals surface area contributed by atoms with Gasteiger partial charge in [-0.1, -0.05) is 0 Å². The molecule has 2 aliphatic rings. The second-order valence-corrected chi connectivity index (χ2v) is 5.18. The van der Waals surface area contributed by atoms with Gasteiger partial charge in [-0.25, -0.2) is 0 Å². The summed E-state index contributed by atoms with van der Waals surface area (Å²) in [6, 6.07) is 1.36. The Hall–Kier alpha value is -0.120. The van der Waals surface area contributed by atoms with Crippen LogP contribution in [0.1, 0.15) is 27.2 Å². The maximum atomic E-state index is 5.73. The Morgan fingerprint density at radius 3 is 2.79 bits per heavy atom. The molecule has 2 aliphatic heterocycles. The molecule has 3 nitrogen and oxygen atoms in total. The molecular weight excluding hydrogens is 176 g/mol. The lowest BCUT2D eigenvalue weighted by molar-refractivity contribution is -0.0975. The molecule has 0 amide bonds. The molecule has 0 saturated carbocycles. The van der Waals surface area contributed by atoms with Gasteiger partial charge in [0, 0.05) is 25.2 Å². The van der Waals surface area contributed by atoms with Crippen molar-refractivity contribution in [3.8, 4) is 0 Å². The Bertz CT molecular complexity index is 205. The molecule has 2 fully saturated rings. The Morgan fingerprint density at radius 2 is 2.21 bits per heavy atom. The average Bonchev–Trinajstić information content (AvgIpc) is 2.49. The van der Waals surface area contributed by atoms with Gasteiger partial charge in [0.05, 0.1) is 12.2 Å². The summed E-state index contributed by atoms with van der Waals surface area (Å²) in [5.74, 6) is 0. The van der Waals surface area contributed by atoms with Crippen LogP contribution in [0.15, 0.2) is 0 Å². The first kappa shape index (κ1) is 10.4. The molecular formula is C11H22N2O. The Morgan fingerprint density at radius 1 is 1.43 bits per heavy atom. The van der Waals surface area contributed by atoms with Gasteiger partial charge >= 0.3 is 0 Å². The van der Waals surface area contributed by atoms with E-state index in [-0.39, 0.29) is 5.60 Å². The molecule has 0 aromatic carbocycles. The number of ether oxygens (including phenoxy) is 1. The fourth-order valence-corrected chi connectivity index (χ4v) is 2.68. The summed E-state index contributed by atoms with van der Waals surface area (Å²) < 4.78 is 5.73. The fourth-order valence-electron chi connectivity index (χ4n) is 2.68. The third kappa shape index (κ3) is 2.10. The predicted molar refractivity (Wildman–Crippen MR) is 57.5 cm³/mol. The Balaban J connectivity index is 1.97. The minimum absolute atomic E-state index is 0.0422. The molecule has 0 bridgehead atoms. The lowest BCUT2D eigenvalue weighted by Crippen LogP contribution is -2.54. The van der Waals surface area contributed by atoms with Crippen LogP contribution in [0.2, 0.25) is 0 Å². The van der Waals surface area contributed by atoms with E-state index in [0.717, 1.165) is 25.7 Å². The zero-order chi connectivity index (χ0) is 10.2. The van der Waals surface area contributed by atoms with E-state index in [2.05, 4.69) is 31.0 Å². The van der Waals surface area contributed by atoms with Crippen molar-refractivity contribution in [1.29, 1.82) is 0 Å². The van der Waals surface area contributed by atoms with Crippen LogP contribution in [-0.4, -0.2) is 48.8 Å². The predicted octanol–water partition coefficient (Wildman–Crippen LogP) is 0.848. The van der Waals surface area contributed by atoms with Crippen molar-refractivity contribution >= 4 is 0 Å². The van der Waals surface area contributed by atoms with Gasteiger partial charge in [-0.05, 0) is 33.7 Å². The minimum Gasteiger partial charge on any atom is -0.373 e. The Labute approximate surface area is 86.8 Å². The van der Waals surface area contributed by atoms with Crippen LogP contribution in [0, 0.1) is 0 Å². The highest BCUT2D eigenvalue weighted by Crippen LogP contribution is 2.22. The van der Waals surface area contributed by atoms with Crippen molar-refractivity contribution in [2.24, 2.45) is 0 Å². The van der Waals surface area contributed by atoms with E-state index in [1.165, 1.54) is 13.0 Å². The van der Waals surface area contributed by atoms with Crippen LogP contribution in [0.4, 0.5) is 0 Å². The van der Waals surface area contributed by atoms with Crippen LogP contribution in [-0.2, 0) is 4.74 Å². The van der Waals surface area contributed by atoms with Crippen molar-refractivity contribution in [1.82, 2.24) is 10.2 Å². The van der Waals surface area contributed by atoms with Crippen LogP contribution in [0.25, 0.3) is 0 Å². The first-order valence-electron chi connectivity index (χ1n) is 5.70. The van der Waals surface area contributed by atoms with Crippen LogP contribution in [0.3, 0.4) is 0 Å². The van der Waals surface area contributed by atoms with Gasteiger partial charge in [-0.3, -0.25) is 4.90 Å². The molecule has 0 aliphatic carbocycles. The number of nitrogens with zero attached hydrogens (tertiary/aromatic N) is 1. The van der Waals surface area contributed by atoms with Crippen LogP contribution in [0.5, 0.6) is 0 Å². The number of nitrogens with one attached hydrogen (secondary N) is 1. The second-order valence-electron chi connectivity index (χ2n) is 5.18. The smallest absolute Gasteiger partial charge is 0.0753 e. The largest absolute Gasteiger partial charge is 0.373 e. The molecule has 0 aromatic heterocycles. The molecule has 2 heterocycles. The molecule has 14 heavy (non-hydrogen) atoms. The van der Waals surface area contributed by atoms with Gasteiger partial charge in [0.2, 0.25) is 0 Å². The number of morpholine rings is 1. The number of rotatable bonds is 1. The minimum atomic E-state index is 0.0422. The van der Waals surface area contributed by atoms with Gasteiger partial charge in [0.1, 0.15) is 0 Å². The molecule has 2 saturated heterocycles. The number of hydrogen-bond acceptors (Lipinski definition) is 3. The summed E-state index contributed by atoms with van der Waals surface area (Å²) in [7, 11) is 0. The SMILES string of the molecule is CC1NCCC1N1CCOC(C)(C)C1. The molecule has 0 aromatic rings. The summed E-state index contributed by atoms with van der Waals surface area (Å²) >= 11 is 0. The summed E-state index contributed by atoms with van der Waals surface area (Å²) in [5.41, 5.74) is 0.0422. The van der Waals surface area contributed by atoms with E-state index in [1.807, 2.05) is 0 Å². The molecule has 2 atom stereocenters. The standard InChI is InChI=1S/C11H22N2O/c1-9-10(4-5-12-9)13-6-7-14-11(2,3)8-13/h9-10,12H,4-8H2,1-3H3. The molecule has 1 N–H and O–H groups in total. The van der Waals surface area contributed by atoms with Crippen molar-refractivity contribution in [2.45, 2.75) is 44.9 Å². The monoisotopic (exact) mass is 198 g/mol. The lowest BCUT2D eigenvalue weighted by Gasteiger charge is -2.42. The topological polar surface area (TPSA) is 24.5 Å². The first-order chi connectivity index (χ1) is 6.58. The maximum absolute atomic E-state index is 5.73. The molecule has 0 radical (unpaired) electrons. The molecule has 0 spiro atoms. The van der Waals surface area contributed by atoms with Gasteiger partial charge in [-0.15, -0.1) is 0 Å². The van der Waals surface area contributed by atoms with Gasteiger partial charge in [0.25, 0.3) is 0 Å². The third-order valence-corrected chi connectivity index (χ3v) is 3.41. The highest BCUT2D eigenvalue weighted by atomic mass is 16.5. The summed E-state index contributed by atoms with van der Waals surface area (Å²) in [6.45, 7) is 10.9. The van der Waals surface area contributed by atoms with Crippen molar-refractivity contribution in [2.75, 3.05) is 26.2 Å². The fraction of sp³-hybridized carbons (Fsp3) is 1.00. The summed E-state index contributed by atoms with van der Waals surface area (Å²) in [6.07, 6.45) is 1.29. The highest BCUT2D eigenvalue weighted by molar-refractivity contribution is 4.92. The van der Waals surface area contributed by atoms with Crippen molar-refractivity contribution in [3.05, 3.63) is 0 Å². The third-order valence-electron chi connectivity index (χ3n) is 3.41. The Kier molecular flexibility index (Phi) is 2.82. The van der Waals surface area contributed by atoms with Crippen molar-refractivity contribution in [3.63, 3.8) is 0 Å². The quantitative estimate of drug-likeness (QED) is 0.676. The molecule has 2 rings (SSSR count). The molecule has 82 valence electrons. The van der Waals surface area contributed by atoms with Crippen LogP contribution >= 0.6 is 0 Å². The maximum Gasteiger partial charge on any atom is 0.0753 e. The van der Waals surface area contributed by atoms with E-state index < -0.39 is 0 Å². The average molecular weight is 198 g/mol. The van der Waals surface area contributed by atoms with E-state index in [4.69, 9.17) is 4.74 Å².